The molecular weight excluding hydrogens is 561 g/mol. The smallest absolute Gasteiger partial charge is 0.264 e. The molecule has 0 aliphatic heterocycles. The van der Waals surface area contributed by atoms with Gasteiger partial charge in [-0.3, -0.25) is 13.9 Å². The van der Waals surface area contributed by atoms with E-state index in [1.54, 1.807) is 43.3 Å². The lowest BCUT2D eigenvalue weighted by atomic mass is 10.1. The van der Waals surface area contributed by atoms with E-state index in [4.69, 9.17) is 27.9 Å². The van der Waals surface area contributed by atoms with Crippen molar-refractivity contribution < 1.29 is 22.7 Å². The number of benzene rings is 3. The van der Waals surface area contributed by atoms with Gasteiger partial charge in [0.2, 0.25) is 11.8 Å². The number of hydrogen-bond donors (Lipinski definition) is 1. The Bertz CT molecular complexity index is 1430. The van der Waals surface area contributed by atoms with E-state index in [1.807, 2.05) is 6.92 Å². The number of likely N-dealkylation sites (N-methyl/N-ethyl adjacent to an activating group) is 1. The number of carbonyl (C=O) groups is 2. The summed E-state index contributed by atoms with van der Waals surface area (Å²) in [6.45, 7) is 3.11. The number of aryl methyl sites for hydroxylation is 1. The monoisotopic (exact) mass is 591 g/mol. The second kappa shape index (κ2) is 13.2. The van der Waals surface area contributed by atoms with Crippen LogP contribution in [0.5, 0.6) is 5.75 Å². The predicted octanol–water partition coefficient (Wildman–Crippen LogP) is 5.06. The van der Waals surface area contributed by atoms with Crippen LogP contribution in [-0.4, -0.2) is 51.9 Å². The first-order valence-corrected chi connectivity index (χ1v) is 14.4. The van der Waals surface area contributed by atoms with Crippen LogP contribution in [-0.2, 0) is 26.2 Å². The van der Waals surface area contributed by atoms with E-state index in [9.17, 15) is 18.0 Å². The SMILES string of the molecule is CCC(C(=O)NC)N(Cc1cccc(OC)c1)C(=O)CN(c1ccc(Cl)c(Cl)c1)S(=O)(=O)c1ccc(C)cc1. The minimum atomic E-state index is -4.21. The van der Waals surface area contributed by atoms with Crippen molar-refractivity contribution in [3.05, 3.63) is 87.9 Å². The van der Waals surface area contributed by atoms with Crippen molar-refractivity contribution in [2.75, 3.05) is 25.0 Å². The van der Waals surface area contributed by atoms with E-state index in [2.05, 4.69) is 5.32 Å². The number of carbonyl (C=O) groups excluding carboxylic acids is 2. The maximum atomic E-state index is 13.9. The molecule has 8 nitrogen and oxygen atoms in total. The number of hydrogen-bond acceptors (Lipinski definition) is 5. The average molecular weight is 593 g/mol. The van der Waals surface area contributed by atoms with Gasteiger partial charge >= 0.3 is 0 Å². The van der Waals surface area contributed by atoms with E-state index in [0.29, 0.717) is 17.7 Å². The topological polar surface area (TPSA) is 96.0 Å². The summed E-state index contributed by atoms with van der Waals surface area (Å²) in [5, 5.41) is 2.97. The highest BCUT2D eigenvalue weighted by molar-refractivity contribution is 7.92. The summed E-state index contributed by atoms with van der Waals surface area (Å²) in [6.07, 6.45) is 0.312. The standard InChI is InChI=1S/C28H31Cl2N3O5S/c1-5-26(28(35)31-3)32(17-20-7-6-8-22(15-20)38-4)27(34)18-33(21-11-14-24(29)25(30)16-21)39(36,37)23-12-9-19(2)10-13-23/h6-16,26H,5,17-18H2,1-4H3,(H,31,35). The van der Waals surface area contributed by atoms with E-state index in [0.717, 1.165) is 9.87 Å². The van der Waals surface area contributed by atoms with Crippen LogP contribution in [0.15, 0.2) is 71.6 Å². The second-order valence-corrected chi connectivity index (χ2v) is 11.5. The highest BCUT2D eigenvalue weighted by Gasteiger charge is 2.33. The number of methoxy groups -OCH3 is 1. The number of nitrogens with one attached hydrogen (secondary N) is 1. The Morgan fingerprint density at radius 3 is 2.28 bits per heavy atom. The number of rotatable bonds is 11. The van der Waals surface area contributed by atoms with Crippen molar-refractivity contribution >= 4 is 50.7 Å². The zero-order valence-corrected chi connectivity index (χ0v) is 24.5. The quantitative estimate of drug-likeness (QED) is 0.336. The third-order valence-corrected chi connectivity index (χ3v) is 8.73. The molecular formula is C28H31Cl2N3O5S. The fraction of sp³-hybridized carbons (Fsp3) is 0.286. The van der Waals surface area contributed by atoms with Crippen molar-refractivity contribution in [2.24, 2.45) is 0 Å². The molecule has 1 N–H and O–H groups in total. The van der Waals surface area contributed by atoms with Gasteiger partial charge in [0, 0.05) is 13.6 Å². The van der Waals surface area contributed by atoms with Gasteiger partial charge < -0.3 is 15.0 Å². The van der Waals surface area contributed by atoms with Gasteiger partial charge in [-0.05, 0) is 61.4 Å². The Morgan fingerprint density at radius 1 is 1.00 bits per heavy atom. The third-order valence-electron chi connectivity index (χ3n) is 6.20. The van der Waals surface area contributed by atoms with Gasteiger partial charge in [-0.2, -0.15) is 0 Å². The first-order chi connectivity index (χ1) is 18.5. The number of amides is 2. The van der Waals surface area contributed by atoms with Gasteiger partial charge in [0.25, 0.3) is 10.0 Å². The summed E-state index contributed by atoms with van der Waals surface area (Å²) in [4.78, 5) is 28.1. The number of sulfonamides is 1. The van der Waals surface area contributed by atoms with Crippen LogP contribution in [0.4, 0.5) is 5.69 Å². The average Bonchev–Trinajstić information content (AvgIpc) is 2.93. The van der Waals surface area contributed by atoms with Crippen molar-refractivity contribution in [1.82, 2.24) is 10.2 Å². The Hall–Kier alpha value is -3.27. The summed E-state index contributed by atoms with van der Waals surface area (Å²) in [5.41, 5.74) is 1.76. The van der Waals surface area contributed by atoms with Gasteiger partial charge in [-0.15, -0.1) is 0 Å². The largest absolute Gasteiger partial charge is 0.497 e. The van der Waals surface area contributed by atoms with Crippen LogP contribution in [0.3, 0.4) is 0 Å². The lowest BCUT2D eigenvalue weighted by Gasteiger charge is -2.33. The molecule has 0 saturated carbocycles. The Balaban J connectivity index is 2.09. The minimum Gasteiger partial charge on any atom is -0.497 e. The fourth-order valence-electron chi connectivity index (χ4n) is 4.06. The molecule has 1 atom stereocenters. The molecule has 0 spiro atoms. The third kappa shape index (κ3) is 7.23. The van der Waals surface area contributed by atoms with E-state index in [1.165, 1.54) is 49.4 Å². The molecule has 0 aliphatic carbocycles. The summed E-state index contributed by atoms with van der Waals surface area (Å²) in [5.74, 6) is -0.349. The van der Waals surface area contributed by atoms with E-state index in [-0.39, 0.29) is 33.1 Å². The molecule has 11 heteroatoms. The van der Waals surface area contributed by atoms with Crippen molar-refractivity contribution in [2.45, 2.75) is 37.8 Å². The van der Waals surface area contributed by atoms with Gasteiger partial charge in [-0.25, -0.2) is 8.42 Å². The molecule has 3 aromatic carbocycles. The molecule has 208 valence electrons. The normalized spacial score (nSPS) is 11.9. The van der Waals surface area contributed by atoms with Crippen LogP contribution >= 0.6 is 23.2 Å². The van der Waals surface area contributed by atoms with Crippen molar-refractivity contribution in [3.63, 3.8) is 0 Å². The first kappa shape index (κ1) is 30.3. The zero-order valence-electron chi connectivity index (χ0n) is 22.1. The van der Waals surface area contributed by atoms with Crippen molar-refractivity contribution in [3.8, 4) is 5.75 Å². The highest BCUT2D eigenvalue weighted by Crippen LogP contribution is 2.31. The molecule has 1 unspecified atom stereocenters. The Morgan fingerprint density at radius 2 is 1.69 bits per heavy atom. The molecule has 0 radical (unpaired) electrons. The molecule has 39 heavy (non-hydrogen) atoms. The van der Waals surface area contributed by atoms with Gasteiger partial charge in [0.15, 0.2) is 0 Å². The van der Waals surface area contributed by atoms with Crippen LogP contribution in [0, 0.1) is 6.92 Å². The van der Waals surface area contributed by atoms with Crippen LogP contribution < -0.4 is 14.4 Å². The summed E-state index contributed by atoms with van der Waals surface area (Å²) >= 11 is 12.3. The van der Waals surface area contributed by atoms with Crippen LogP contribution in [0.25, 0.3) is 0 Å². The van der Waals surface area contributed by atoms with E-state index >= 15 is 0 Å². The molecule has 0 bridgehead atoms. The molecule has 0 saturated heterocycles. The molecule has 0 aromatic heterocycles. The Kier molecular flexibility index (Phi) is 10.2. The molecule has 2 amide bonds. The molecule has 0 heterocycles. The zero-order chi connectivity index (χ0) is 28.7. The molecule has 3 rings (SSSR count). The summed E-state index contributed by atoms with van der Waals surface area (Å²) < 4.78 is 34.0. The second-order valence-electron chi connectivity index (χ2n) is 8.83. The molecule has 0 aliphatic rings. The Labute approximate surface area is 239 Å². The lowest BCUT2D eigenvalue weighted by Crippen LogP contribution is -2.51. The molecule has 3 aromatic rings. The van der Waals surface area contributed by atoms with E-state index < -0.39 is 28.5 Å². The number of nitrogens with zero attached hydrogens (tertiary/aromatic N) is 2. The summed E-state index contributed by atoms with van der Waals surface area (Å²) in [7, 11) is -1.18. The van der Waals surface area contributed by atoms with Gasteiger partial charge in [0.1, 0.15) is 18.3 Å². The van der Waals surface area contributed by atoms with Crippen LogP contribution in [0.2, 0.25) is 10.0 Å². The lowest BCUT2D eigenvalue weighted by molar-refractivity contribution is -0.140. The number of anilines is 1. The summed E-state index contributed by atoms with van der Waals surface area (Å²) in [6, 6.07) is 16.9. The molecule has 0 fully saturated rings. The van der Waals surface area contributed by atoms with Gasteiger partial charge in [-0.1, -0.05) is 60.0 Å². The predicted molar refractivity (Wildman–Crippen MR) is 154 cm³/mol. The maximum absolute atomic E-state index is 13.9. The van der Waals surface area contributed by atoms with Crippen LogP contribution in [0.1, 0.15) is 24.5 Å². The number of ether oxygens (including phenoxy) is 1. The maximum Gasteiger partial charge on any atom is 0.264 e. The van der Waals surface area contributed by atoms with Gasteiger partial charge in [0.05, 0.1) is 27.7 Å². The first-order valence-electron chi connectivity index (χ1n) is 12.2. The highest BCUT2D eigenvalue weighted by atomic mass is 35.5. The fourth-order valence-corrected chi connectivity index (χ4v) is 5.76. The van der Waals surface area contributed by atoms with Crippen molar-refractivity contribution in [1.29, 1.82) is 0 Å². The number of halogens is 2. The minimum absolute atomic E-state index is 0.00432.